The van der Waals surface area contributed by atoms with Crippen molar-refractivity contribution in [3.8, 4) is 0 Å². The Bertz CT molecular complexity index is 473. The van der Waals surface area contributed by atoms with Crippen LogP contribution in [0.3, 0.4) is 0 Å². The molecule has 1 aromatic rings. The minimum absolute atomic E-state index is 0.0317. The monoisotopic (exact) mass is 294 g/mol. The summed E-state index contributed by atoms with van der Waals surface area (Å²) in [6, 6.07) is 5.73. The zero-order valence-electron chi connectivity index (χ0n) is 12.4. The van der Waals surface area contributed by atoms with Crippen molar-refractivity contribution in [3.63, 3.8) is 0 Å². The standard InChI is InChI=1S/C16H23FN2O2/c1-19-7-5-12(6-8-19)11-18-16(21)10-15(20)13-3-2-4-14(17)9-13/h2-4,9,12,15,20H,5-8,10-11H2,1H3,(H,18,21). The molecule has 0 aliphatic carbocycles. The van der Waals surface area contributed by atoms with Crippen LogP contribution in [-0.2, 0) is 4.79 Å². The van der Waals surface area contributed by atoms with Crippen LogP contribution in [0.1, 0.15) is 30.9 Å². The summed E-state index contributed by atoms with van der Waals surface area (Å²) in [6.07, 6.45) is 1.18. The maximum Gasteiger partial charge on any atom is 0.222 e. The van der Waals surface area contributed by atoms with E-state index in [-0.39, 0.29) is 12.3 Å². The van der Waals surface area contributed by atoms with Crippen molar-refractivity contribution in [2.75, 3.05) is 26.7 Å². The molecule has 2 rings (SSSR count). The Hall–Kier alpha value is -1.46. The number of aliphatic hydroxyl groups is 1. The number of likely N-dealkylation sites (tertiary alicyclic amines) is 1. The number of benzene rings is 1. The molecule has 4 nitrogen and oxygen atoms in total. The number of nitrogens with zero attached hydrogens (tertiary/aromatic N) is 1. The number of hydrogen-bond acceptors (Lipinski definition) is 3. The molecular formula is C16H23FN2O2. The number of carbonyl (C=O) groups is 1. The van der Waals surface area contributed by atoms with Gasteiger partial charge in [0, 0.05) is 6.54 Å². The van der Waals surface area contributed by atoms with Gasteiger partial charge in [-0.3, -0.25) is 4.79 Å². The van der Waals surface area contributed by atoms with Gasteiger partial charge in [-0.05, 0) is 56.6 Å². The molecule has 1 saturated heterocycles. The number of aliphatic hydroxyl groups excluding tert-OH is 1. The largest absolute Gasteiger partial charge is 0.388 e. The average Bonchev–Trinajstić information content (AvgIpc) is 2.46. The van der Waals surface area contributed by atoms with Gasteiger partial charge in [-0.25, -0.2) is 4.39 Å². The van der Waals surface area contributed by atoms with Gasteiger partial charge < -0.3 is 15.3 Å². The second kappa shape index (κ2) is 7.52. The molecule has 116 valence electrons. The second-order valence-corrected chi connectivity index (χ2v) is 5.83. The Balaban J connectivity index is 1.74. The van der Waals surface area contributed by atoms with Gasteiger partial charge in [0.1, 0.15) is 5.82 Å². The SMILES string of the molecule is CN1CCC(CNC(=O)CC(O)c2cccc(F)c2)CC1. The van der Waals surface area contributed by atoms with Crippen molar-refractivity contribution < 1.29 is 14.3 Å². The van der Waals surface area contributed by atoms with Crippen molar-refractivity contribution >= 4 is 5.91 Å². The first-order valence-electron chi connectivity index (χ1n) is 7.43. The van der Waals surface area contributed by atoms with Crippen LogP contribution in [0.5, 0.6) is 0 Å². The highest BCUT2D eigenvalue weighted by molar-refractivity contribution is 5.76. The van der Waals surface area contributed by atoms with Gasteiger partial charge in [0.05, 0.1) is 12.5 Å². The number of nitrogens with one attached hydrogen (secondary N) is 1. The van der Waals surface area contributed by atoms with Gasteiger partial charge >= 0.3 is 0 Å². The number of hydrogen-bond donors (Lipinski definition) is 2. The van der Waals surface area contributed by atoms with Crippen LogP contribution in [0.2, 0.25) is 0 Å². The van der Waals surface area contributed by atoms with Gasteiger partial charge in [0.2, 0.25) is 5.91 Å². The fourth-order valence-electron chi connectivity index (χ4n) is 2.60. The molecule has 0 spiro atoms. The number of carbonyl (C=O) groups excluding carboxylic acids is 1. The van der Waals surface area contributed by atoms with Crippen molar-refractivity contribution in [2.24, 2.45) is 5.92 Å². The summed E-state index contributed by atoms with van der Waals surface area (Å²) in [4.78, 5) is 14.1. The third-order valence-corrected chi connectivity index (χ3v) is 4.04. The third kappa shape index (κ3) is 5.10. The van der Waals surface area contributed by atoms with Crippen molar-refractivity contribution in [1.82, 2.24) is 10.2 Å². The predicted octanol–water partition coefficient (Wildman–Crippen LogP) is 1.71. The number of amides is 1. The summed E-state index contributed by atoms with van der Waals surface area (Å²) in [6.45, 7) is 2.78. The minimum Gasteiger partial charge on any atom is -0.388 e. The summed E-state index contributed by atoms with van der Waals surface area (Å²) in [5.74, 6) is -0.0829. The van der Waals surface area contributed by atoms with Crippen molar-refractivity contribution in [1.29, 1.82) is 0 Å². The zero-order chi connectivity index (χ0) is 15.2. The van der Waals surface area contributed by atoms with Crippen LogP contribution >= 0.6 is 0 Å². The summed E-state index contributed by atoms with van der Waals surface area (Å²) >= 11 is 0. The van der Waals surface area contributed by atoms with E-state index >= 15 is 0 Å². The lowest BCUT2D eigenvalue weighted by Gasteiger charge is -2.29. The zero-order valence-corrected chi connectivity index (χ0v) is 12.4. The highest BCUT2D eigenvalue weighted by atomic mass is 19.1. The molecule has 21 heavy (non-hydrogen) atoms. The molecule has 1 aliphatic rings. The first kappa shape index (κ1) is 15.9. The van der Waals surface area contributed by atoms with Gasteiger partial charge in [0.15, 0.2) is 0 Å². The molecule has 0 radical (unpaired) electrons. The molecule has 2 N–H and O–H groups in total. The lowest BCUT2D eigenvalue weighted by Crippen LogP contribution is -2.37. The van der Waals surface area contributed by atoms with Gasteiger partial charge in [-0.1, -0.05) is 12.1 Å². The van der Waals surface area contributed by atoms with Gasteiger partial charge in [0.25, 0.3) is 0 Å². The molecule has 1 heterocycles. The van der Waals surface area contributed by atoms with Crippen LogP contribution < -0.4 is 5.32 Å². The predicted molar refractivity (Wildman–Crippen MR) is 79.2 cm³/mol. The summed E-state index contributed by atoms with van der Waals surface area (Å²) in [5, 5.41) is 12.8. The smallest absolute Gasteiger partial charge is 0.222 e. The van der Waals surface area contributed by atoms with Crippen LogP contribution in [-0.4, -0.2) is 42.6 Å². The van der Waals surface area contributed by atoms with E-state index in [0.29, 0.717) is 18.0 Å². The summed E-state index contributed by atoms with van der Waals surface area (Å²) in [5.41, 5.74) is 0.435. The topological polar surface area (TPSA) is 52.6 Å². The Morgan fingerprint density at radius 1 is 1.48 bits per heavy atom. The molecule has 0 bridgehead atoms. The molecular weight excluding hydrogens is 271 g/mol. The van der Waals surface area contributed by atoms with Gasteiger partial charge in [-0.2, -0.15) is 0 Å². The first-order chi connectivity index (χ1) is 10.0. The van der Waals surface area contributed by atoms with Crippen LogP contribution in [0.4, 0.5) is 4.39 Å². The first-order valence-corrected chi connectivity index (χ1v) is 7.43. The van der Waals surface area contributed by atoms with Crippen molar-refractivity contribution in [2.45, 2.75) is 25.4 Å². The molecule has 1 atom stereocenters. The number of piperidine rings is 1. The highest BCUT2D eigenvalue weighted by Crippen LogP contribution is 2.18. The lowest BCUT2D eigenvalue weighted by atomic mass is 9.97. The maximum absolute atomic E-state index is 13.1. The second-order valence-electron chi connectivity index (χ2n) is 5.83. The Morgan fingerprint density at radius 3 is 2.86 bits per heavy atom. The van der Waals surface area contributed by atoms with E-state index in [9.17, 15) is 14.3 Å². The van der Waals surface area contributed by atoms with Crippen LogP contribution in [0, 0.1) is 11.7 Å². The molecule has 5 heteroatoms. The number of halogens is 1. The third-order valence-electron chi connectivity index (χ3n) is 4.04. The highest BCUT2D eigenvalue weighted by Gasteiger charge is 2.18. The maximum atomic E-state index is 13.1. The normalized spacial score (nSPS) is 18.4. The molecule has 0 saturated carbocycles. The van der Waals surface area contributed by atoms with Gasteiger partial charge in [-0.15, -0.1) is 0 Å². The van der Waals surface area contributed by atoms with E-state index in [4.69, 9.17) is 0 Å². The Kier molecular flexibility index (Phi) is 5.70. The molecule has 1 amide bonds. The van der Waals surface area contributed by atoms with E-state index in [1.165, 1.54) is 18.2 Å². The van der Waals surface area contributed by atoms with E-state index in [1.807, 2.05) is 0 Å². The molecule has 1 aromatic carbocycles. The fraction of sp³-hybridized carbons (Fsp3) is 0.562. The minimum atomic E-state index is -0.960. The molecule has 0 aromatic heterocycles. The number of rotatable bonds is 5. The molecule has 1 aliphatic heterocycles. The average molecular weight is 294 g/mol. The van der Waals surface area contributed by atoms with E-state index in [2.05, 4.69) is 17.3 Å². The van der Waals surface area contributed by atoms with Crippen LogP contribution in [0.25, 0.3) is 0 Å². The lowest BCUT2D eigenvalue weighted by molar-refractivity contribution is -0.123. The fourth-order valence-corrected chi connectivity index (χ4v) is 2.60. The van der Waals surface area contributed by atoms with Crippen molar-refractivity contribution in [3.05, 3.63) is 35.6 Å². The molecule has 1 fully saturated rings. The van der Waals surface area contributed by atoms with E-state index in [1.54, 1.807) is 6.07 Å². The quantitative estimate of drug-likeness (QED) is 0.869. The summed E-state index contributed by atoms with van der Waals surface area (Å²) in [7, 11) is 2.10. The Morgan fingerprint density at radius 2 is 2.19 bits per heavy atom. The molecule has 1 unspecified atom stereocenters. The van der Waals surface area contributed by atoms with Crippen LogP contribution in [0.15, 0.2) is 24.3 Å². The summed E-state index contributed by atoms with van der Waals surface area (Å²) < 4.78 is 13.1. The Labute approximate surface area is 125 Å². The van der Waals surface area contributed by atoms with E-state index in [0.717, 1.165) is 25.9 Å². The van der Waals surface area contributed by atoms with E-state index < -0.39 is 11.9 Å².